The monoisotopic (exact) mass is 287 g/mol. The molecule has 0 atom stereocenters. The van der Waals surface area contributed by atoms with Crippen LogP contribution in [0.4, 0.5) is 5.82 Å². The number of carbonyl (C=O) groups is 1. The van der Waals surface area contributed by atoms with E-state index in [0.717, 1.165) is 50.7 Å². The number of rotatable bonds is 2. The van der Waals surface area contributed by atoms with Crippen molar-refractivity contribution < 1.29 is 4.79 Å². The van der Waals surface area contributed by atoms with E-state index >= 15 is 0 Å². The molecule has 0 saturated carbocycles. The summed E-state index contributed by atoms with van der Waals surface area (Å²) in [7, 11) is 0. The van der Waals surface area contributed by atoms with Crippen LogP contribution in [0.15, 0.2) is 18.5 Å². The van der Waals surface area contributed by atoms with Crippen molar-refractivity contribution in [3.8, 4) is 0 Å². The molecule has 4 heterocycles. The smallest absolute Gasteiger partial charge is 0.228 e. The van der Waals surface area contributed by atoms with Gasteiger partial charge < -0.3 is 15.1 Å². The first-order valence-corrected chi connectivity index (χ1v) is 7.23. The lowest BCUT2D eigenvalue weighted by atomic mass is 10.0. The molecule has 1 amide bonds. The number of piperazine rings is 1. The Morgan fingerprint density at radius 1 is 1.19 bits per heavy atom. The zero-order valence-electron chi connectivity index (χ0n) is 11.6. The van der Waals surface area contributed by atoms with Crippen molar-refractivity contribution in [3.63, 3.8) is 0 Å². The van der Waals surface area contributed by atoms with E-state index in [-0.39, 0.29) is 11.8 Å². The molecular formula is C13H17N7O. The zero-order chi connectivity index (χ0) is 14.2. The lowest BCUT2D eigenvalue weighted by Crippen LogP contribution is -2.56. The molecule has 1 N–H and O–H groups in total. The topological polar surface area (TPSA) is 78.7 Å². The van der Waals surface area contributed by atoms with Crippen LogP contribution in [0, 0.1) is 5.92 Å². The predicted molar refractivity (Wildman–Crippen MR) is 75.9 cm³/mol. The Labute approximate surface area is 121 Å². The van der Waals surface area contributed by atoms with E-state index in [9.17, 15) is 4.79 Å². The first-order valence-electron chi connectivity index (χ1n) is 7.23. The highest BCUT2D eigenvalue weighted by molar-refractivity contribution is 5.80. The minimum atomic E-state index is 0.183. The van der Waals surface area contributed by atoms with Gasteiger partial charge in [-0.25, -0.2) is 0 Å². The van der Waals surface area contributed by atoms with Gasteiger partial charge in [0, 0.05) is 39.3 Å². The third-order valence-corrected chi connectivity index (χ3v) is 4.19. The van der Waals surface area contributed by atoms with Crippen molar-refractivity contribution in [1.82, 2.24) is 30.0 Å². The second-order valence-electron chi connectivity index (χ2n) is 5.49. The van der Waals surface area contributed by atoms with Crippen molar-refractivity contribution in [3.05, 3.63) is 18.5 Å². The molecule has 2 fully saturated rings. The summed E-state index contributed by atoms with van der Waals surface area (Å²) in [5, 5.41) is 15.4. The summed E-state index contributed by atoms with van der Waals surface area (Å²) < 4.78 is 1.67. The average Bonchev–Trinajstić information content (AvgIpc) is 2.93. The molecular weight excluding hydrogens is 270 g/mol. The largest absolute Gasteiger partial charge is 0.352 e. The van der Waals surface area contributed by atoms with Gasteiger partial charge in [0.25, 0.3) is 0 Å². The van der Waals surface area contributed by atoms with Gasteiger partial charge in [-0.3, -0.25) is 4.79 Å². The fourth-order valence-electron chi connectivity index (χ4n) is 2.76. The fraction of sp³-hybridized carbons (Fsp3) is 0.538. The van der Waals surface area contributed by atoms with Gasteiger partial charge in [0.15, 0.2) is 5.65 Å². The third kappa shape index (κ3) is 2.21. The van der Waals surface area contributed by atoms with Crippen LogP contribution >= 0.6 is 0 Å². The number of nitrogens with zero attached hydrogens (tertiary/aromatic N) is 6. The molecule has 2 aromatic heterocycles. The maximum Gasteiger partial charge on any atom is 0.228 e. The molecule has 4 rings (SSSR count). The molecule has 0 aliphatic carbocycles. The first-order chi connectivity index (χ1) is 10.3. The first kappa shape index (κ1) is 12.5. The van der Waals surface area contributed by atoms with E-state index in [1.807, 2.05) is 17.0 Å². The highest BCUT2D eigenvalue weighted by Crippen LogP contribution is 2.16. The van der Waals surface area contributed by atoms with Crippen molar-refractivity contribution >= 4 is 17.4 Å². The van der Waals surface area contributed by atoms with Gasteiger partial charge in [0.05, 0.1) is 5.92 Å². The van der Waals surface area contributed by atoms with E-state index in [1.54, 1.807) is 10.8 Å². The number of nitrogens with one attached hydrogen (secondary N) is 1. The van der Waals surface area contributed by atoms with Crippen LogP contribution in [0.3, 0.4) is 0 Å². The SMILES string of the molecule is O=C(C1CNC1)N1CCN(c2ccc3nncn3n2)CC1. The molecule has 2 aliphatic rings. The molecule has 8 heteroatoms. The lowest BCUT2D eigenvalue weighted by molar-refractivity contribution is -0.137. The van der Waals surface area contributed by atoms with Crippen LogP contribution in [0.25, 0.3) is 5.65 Å². The molecule has 110 valence electrons. The number of carbonyl (C=O) groups excluding carboxylic acids is 1. The molecule has 0 spiro atoms. The zero-order valence-corrected chi connectivity index (χ0v) is 11.6. The normalized spacial score (nSPS) is 19.8. The average molecular weight is 287 g/mol. The van der Waals surface area contributed by atoms with E-state index in [4.69, 9.17) is 0 Å². The lowest BCUT2D eigenvalue weighted by Gasteiger charge is -2.38. The van der Waals surface area contributed by atoms with E-state index < -0.39 is 0 Å². The predicted octanol–water partition coefficient (Wildman–Crippen LogP) is -1.01. The van der Waals surface area contributed by atoms with E-state index in [1.165, 1.54) is 0 Å². The van der Waals surface area contributed by atoms with Crippen LogP contribution < -0.4 is 10.2 Å². The number of anilines is 1. The van der Waals surface area contributed by atoms with E-state index in [0.29, 0.717) is 0 Å². The molecule has 0 aromatic carbocycles. The number of hydrogen-bond acceptors (Lipinski definition) is 6. The molecule has 2 saturated heterocycles. The quantitative estimate of drug-likeness (QED) is 0.763. The molecule has 0 radical (unpaired) electrons. The van der Waals surface area contributed by atoms with Crippen molar-refractivity contribution in [1.29, 1.82) is 0 Å². The molecule has 0 bridgehead atoms. The Hall–Kier alpha value is -2.22. The summed E-state index contributed by atoms with van der Waals surface area (Å²) >= 11 is 0. The maximum absolute atomic E-state index is 12.2. The summed E-state index contributed by atoms with van der Waals surface area (Å²) in [6.45, 7) is 4.79. The van der Waals surface area contributed by atoms with Crippen LogP contribution in [-0.2, 0) is 4.79 Å². The van der Waals surface area contributed by atoms with Crippen LogP contribution in [0.1, 0.15) is 0 Å². The minimum absolute atomic E-state index is 0.183. The van der Waals surface area contributed by atoms with Gasteiger partial charge >= 0.3 is 0 Å². The van der Waals surface area contributed by atoms with Gasteiger partial charge in [-0.1, -0.05) is 0 Å². The standard InChI is InChI=1S/C13H17N7O/c21-13(10-7-14-8-10)19-5-3-18(4-6-19)12-2-1-11-16-15-9-20(11)17-12/h1-2,9-10,14H,3-8H2. The molecule has 2 aromatic rings. The van der Waals surface area contributed by atoms with Crippen LogP contribution in [-0.4, -0.2) is 69.9 Å². The Bertz CT molecular complexity index is 657. The third-order valence-electron chi connectivity index (χ3n) is 4.19. The Morgan fingerprint density at radius 2 is 2.00 bits per heavy atom. The van der Waals surface area contributed by atoms with Gasteiger partial charge in [-0.2, -0.15) is 4.52 Å². The Balaban J connectivity index is 1.43. The summed E-state index contributed by atoms with van der Waals surface area (Å²) in [5.41, 5.74) is 0.741. The Morgan fingerprint density at radius 3 is 2.71 bits per heavy atom. The number of aromatic nitrogens is 4. The van der Waals surface area contributed by atoms with Gasteiger partial charge in [0.1, 0.15) is 12.1 Å². The summed E-state index contributed by atoms with van der Waals surface area (Å²) in [4.78, 5) is 16.4. The van der Waals surface area contributed by atoms with Crippen molar-refractivity contribution in [2.24, 2.45) is 5.92 Å². The summed E-state index contributed by atoms with van der Waals surface area (Å²) in [5.74, 6) is 1.37. The Kier molecular flexibility index (Phi) is 2.95. The van der Waals surface area contributed by atoms with Crippen LogP contribution in [0.2, 0.25) is 0 Å². The maximum atomic E-state index is 12.2. The molecule has 2 aliphatic heterocycles. The fourth-order valence-corrected chi connectivity index (χ4v) is 2.76. The number of amides is 1. The highest BCUT2D eigenvalue weighted by atomic mass is 16.2. The van der Waals surface area contributed by atoms with Crippen molar-refractivity contribution in [2.75, 3.05) is 44.2 Å². The van der Waals surface area contributed by atoms with E-state index in [2.05, 4.69) is 25.5 Å². The molecule has 0 unspecified atom stereocenters. The van der Waals surface area contributed by atoms with Gasteiger partial charge in [-0.05, 0) is 12.1 Å². The van der Waals surface area contributed by atoms with Gasteiger partial charge in [0.2, 0.25) is 5.91 Å². The second-order valence-corrected chi connectivity index (χ2v) is 5.49. The number of hydrogen-bond donors (Lipinski definition) is 1. The second kappa shape index (κ2) is 4.96. The van der Waals surface area contributed by atoms with Gasteiger partial charge in [-0.15, -0.1) is 15.3 Å². The van der Waals surface area contributed by atoms with Crippen LogP contribution in [0.5, 0.6) is 0 Å². The molecule has 8 nitrogen and oxygen atoms in total. The summed E-state index contributed by atoms with van der Waals surface area (Å²) in [6, 6.07) is 3.87. The minimum Gasteiger partial charge on any atom is -0.352 e. The summed E-state index contributed by atoms with van der Waals surface area (Å²) in [6.07, 6.45) is 1.60. The number of fused-ring (bicyclic) bond motifs is 1. The highest BCUT2D eigenvalue weighted by Gasteiger charge is 2.31. The molecule has 21 heavy (non-hydrogen) atoms. The van der Waals surface area contributed by atoms with Crippen molar-refractivity contribution in [2.45, 2.75) is 0 Å².